The Bertz CT molecular complexity index is 833. The molecule has 2 aromatic carbocycles. The molecule has 1 aromatic heterocycles. The van der Waals surface area contributed by atoms with E-state index in [-0.39, 0.29) is 11.7 Å². The van der Waals surface area contributed by atoms with Crippen LogP contribution in [0.2, 0.25) is 0 Å². The molecule has 0 saturated carbocycles. The summed E-state index contributed by atoms with van der Waals surface area (Å²) in [6.45, 7) is 2.15. The van der Waals surface area contributed by atoms with Crippen LogP contribution in [0.3, 0.4) is 0 Å². The van der Waals surface area contributed by atoms with Crippen LogP contribution < -0.4 is 5.63 Å². The van der Waals surface area contributed by atoms with Gasteiger partial charge in [-0.1, -0.05) is 30.3 Å². The minimum Gasteiger partial charge on any atom is -0.422 e. The molecule has 0 aliphatic rings. The van der Waals surface area contributed by atoms with Crippen LogP contribution in [0.15, 0.2) is 51.7 Å². The van der Waals surface area contributed by atoms with Crippen molar-refractivity contribution in [3.63, 3.8) is 0 Å². The summed E-state index contributed by atoms with van der Waals surface area (Å²) in [4.78, 5) is 14.2. The van der Waals surface area contributed by atoms with Crippen molar-refractivity contribution in [3.05, 3.63) is 58.4 Å². The normalized spacial score (nSPS) is 13.2. The Morgan fingerprint density at radius 2 is 1.70 bits per heavy atom. The summed E-state index contributed by atoms with van der Waals surface area (Å²) >= 11 is 0. The van der Waals surface area contributed by atoms with E-state index in [1.807, 2.05) is 50.5 Å². The quantitative estimate of drug-likeness (QED) is 0.525. The molecule has 0 aliphatic heterocycles. The van der Waals surface area contributed by atoms with Gasteiger partial charge >= 0.3 is 5.63 Å². The van der Waals surface area contributed by atoms with Crippen molar-refractivity contribution >= 4 is 21.7 Å². The van der Waals surface area contributed by atoms with Gasteiger partial charge in [0.05, 0.1) is 5.39 Å². The summed E-state index contributed by atoms with van der Waals surface area (Å²) in [6, 6.07) is 13.8. The van der Waals surface area contributed by atoms with Gasteiger partial charge in [-0.25, -0.2) is 4.79 Å². The van der Waals surface area contributed by atoms with Crippen LogP contribution in [-0.2, 0) is 0 Å². The van der Waals surface area contributed by atoms with E-state index in [9.17, 15) is 4.79 Å². The Hall–Kier alpha value is -2.13. The van der Waals surface area contributed by atoms with Gasteiger partial charge in [-0.2, -0.15) is 0 Å². The molecule has 0 N–H and O–H groups in total. The highest BCUT2D eigenvalue weighted by Crippen LogP contribution is 2.31. The maximum atomic E-state index is 12.0. The van der Waals surface area contributed by atoms with Gasteiger partial charge in [0.15, 0.2) is 0 Å². The van der Waals surface area contributed by atoms with Gasteiger partial charge < -0.3 is 9.32 Å². The van der Waals surface area contributed by atoms with Crippen LogP contribution in [-0.4, -0.2) is 19.0 Å². The summed E-state index contributed by atoms with van der Waals surface area (Å²) < 4.78 is 5.47. The van der Waals surface area contributed by atoms with Crippen molar-refractivity contribution in [2.75, 3.05) is 14.1 Å². The Labute approximate surface area is 117 Å². The van der Waals surface area contributed by atoms with Crippen molar-refractivity contribution in [1.82, 2.24) is 4.90 Å². The average Bonchev–Trinajstić information content (AvgIpc) is 2.46. The Morgan fingerprint density at radius 1 is 1.00 bits per heavy atom. The van der Waals surface area contributed by atoms with Gasteiger partial charge in [-0.3, -0.25) is 0 Å². The van der Waals surface area contributed by atoms with Crippen molar-refractivity contribution in [1.29, 1.82) is 0 Å². The molecule has 1 atom stereocenters. The Morgan fingerprint density at radius 3 is 2.40 bits per heavy atom. The Balaban J connectivity index is 2.50. The molecule has 0 saturated heterocycles. The molecule has 0 bridgehead atoms. The number of hydrogen-bond acceptors (Lipinski definition) is 3. The van der Waals surface area contributed by atoms with E-state index in [0.29, 0.717) is 11.0 Å². The van der Waals surface area contributed by atoms with E-state index in [4.69, 9.17) is 4.42 Å². The lowest BCUT2D eigenvalue weighted by Crippen LogP contribution is -2.17. The standard InChI is InChI=1S/C17H17NO2/c1-11(18(2)3)12-9-6-10-15-16(12)13-7-4-5-8-14(13)17(19)20-15/h4-11H,1-3H3/t11-/m0/s1. The minimum absolute atomic E-state index is 0.245. The van der Waals surface area contributed by atoms with Crippen LogP contribution in [0.1, 0.15) is 18.5 Å². The van der Waals surface area contributed by atoms with Crippen LogP contribution >= 0.6 is 0 Å². The van der Waals surface area contributed by atoms with Crippen molar-refractivity contribution in [2.24, 2.45) is 0 Å². The molecule has 3 nitrogen and oxygen atoms in total. The number of fused-ring (bicyclic) bond motifs is 3. The zero-order chi connectivity index (χ0) is 14.3. The monoisotopic (exact) mass is 267 g/mol. The fourth-order valence-electron chi connectivity index (χ4n) is 2.58. The van der Waals surface area contributed by atoms with E-state index in [1.165, 1.54) is 5.56 Å². The van der Waals surface area contributed by atoms with Crippen LogP contribution in [0.25, 0.3) is 21.7 Å². The molecule has 0 aliphatic carbocycles. The second-order valence-corrected chi connectivity index (χ2v) is 5.30. The summed E-state index contributed by atoms with van der Waals surface area (Å²) in [5, 5.41) is 2.63. The smallest absolute Gasteiger partial charge is 0.344 e. The fraction of sp³-hybridized carbons (Fsp3) is 0.235. The number of benzene rings is 2. The third-order valence-electron chi connectivity index (χ3n) is 3.90. The van der Waals surface area contributed by atoms with Gasteiger partial charge in [0, 0.05) is 16.8 Å². The Kier molecular flexibility index (Phi) is 3.07. The summed E-state index contributed by atoms with van der Waals surface area (Å²) in [5.74, 6) is 0. The molecule has 0 spiro atoms. The summed E-state index contributed by atoms with van der Waals surface area (Å²) in [5.41, 5.74) is 1.55. The second-order valence-electron chi connectivity index (χ2n) is 5.30. The maximum Gasteiger partial charge on any atom is 0.344 e. The molecule has 0 fully saturated rings. The first-order valence-electron chi connectivity index (χ1n) is 6.70. The highest BCUT2D eigenvalue weighted by molar-refractivity contribution is 6.06. The largest absolute Gasteiger partial charge is 0.422 e. The van der Waals surface area contributed by atoms with Gasteiger partial charge in [-0.15, -0.1) is 0 Å². The van der Waals surface area contributed by atoms with E-state index in [1.54, 1.807) is 0 Å². The third-order valence-corrected chi connectivity index (χ3v) is 3.90. The van der Waals surface area contributed by atoms with Crippen molar-refractivity contribution < 1.29 is 4.42 Å². The van der Waals surface area contributed by atoms with E-state index >= 15 is 0 Å². The highest BCUT2D eigenvalue weighted by atomic mass is 16.4. The average molecular weight is 267 g/mol. The number of hydrogen-bond donors (Lipinski definition) is 0. The first-order chi connectivity index (χ1) is 9.59. The lowest BCUT2D eigenvalue weighted by molar-refractivity contribution is 0.323. The third kappa shape index (κ3) is 1.91. The molecule has 1 heterocycles. The number of nitrogens with zero attached hydrogens (tertiary/aromatic N) is 1. The van der Waals surface area contributed by atoms with Crippen LogP contribution in [0, 0.1) is 0 Å². The predicted octanol–water partition coefficient (Wildman–Crippen LogP) is 3.57. The van der Waals surface area contributed by atoms with Crippen LogP contribution in [0.4, 0.5) is 0 Å². The van der Waals surface area contributed by atoms with Gasteiger partial charge in [-0.05, 0) is 38.7 Å². The van der Waals surface area contributed by atoms with Crippen LogP contribution in [0.5, 0.6) is 0 Å². The van der Waals surface area contributed by atoms with Gasteiger partial charge in [0.25, 0.3) is 0 Å². The number of rotatable bonds is 2. The fourth-order valence-corrected chi connectivity index (χ4v) is 2.58. The SMILES string of the molecule is C[C@@H](c1cccc2oc(=O)c3ccccc3c12)N(C)C. The maximum absolute atomic E-state index is 12.0. The molecule has 0 amide bonds. The van der Waals surface area contributed by atoms with E-state index < -0.39 is 0 Å². The molecule has 0 unspecified atom stereocenters. The van der Waals surface area contributed by atoms with Crippen molar-refractivity contribution in [3.8, 4) is 0 Å². The van der Waals surface area contributed by atoms with Gasteiger partial charge in [0.2, 0.25) is 0 Å². The van der Waals surface area contributed by atoms with Crippen molar-refractivity contribution in [2.45, 2.75) is 13.0 Å². The lowest BCUT2D eigenvalue weighted by atomic mass is 9.98. The van der Waals surface area contributed by atoms with E-state index in [2.05, 4.69) is 17.9 Å². The van der Waals surface area contributed by atoms with Gasteiger partial charge in [0.1, 0.15) is 5.58 Å². The molecule has 3 heteroatoms. The second kappa shape index (κ2) is 4.76. The molecule has 20 heavy (non-hydrogen) atoms. The summed E-state index contributed by atoms with van der Waals surface area (Å²) in [6.07, 6.45) is 0. The zero-order valence-electron chi connectivity index (χ0n) is 11.9. The molecule has 3 aromatic rings. The molecule has 3 rings (SSSR count). The summed E-state index contributed by atoms with van der Waals surface area (Å²) in [7, 11) is 4.09. The molecular formula is C17H17NO2. The van der Waals surface area contributed by atoms with E-state index in [0.717, 1.165) is 10.8 Å². The molecule has 0 radical (unpaired) electrons. The lowest BCUT2D eigenvalue weighted by Gasteiger charge is -2.22. The predicted molar refractivity (Wildman–Crippen MR) is 82.1 cm³/mol. The topological polar surface area (TPSA) is 33.5 Å². The first kappa shape index (κ1) is 12.9. The molecular weight excluding hydrogens is 250 g/mol. The minimum atomic E-state index is -0.275. The first-order valence-corrected chi connectivity index (χ1v) is 6.70. The molecule has 102 valence electrons. The highest BCUT2D eigenvalue weighted by Gasteiger charge is 2.15. The zero-order valence-corrected chi connectivity index (χ0v) is 11.9.